The molecule has 5 nitrogen and oxygen atoms in total. The van der Waals surface area contributed by atoms with Gasteiger partial charge in [-0.15, -0.1) is 0 Å². The van der Waals surface area contributed by atoms with Gasteiger partial charge in [-0.1, -0.05) is 0 Å². The van der Waals surface area contributed by atoms with Crippen molar-refractivity contribution < 1.29 is 4.74 Å². The average Bonchev–Trinajstić information content (AvgIpc) is 2.21. The molecule has 14 heavy (non-hydrogen) atoms. The molecular formula is C9H6N4O. The fraction of sp³-hybridized carbons (Fsp3) is 0.556. The lowest BCUT2D eigenvalue weighted by Gasteiger charge is -2.47. The third-order valence-corrected chi connectivity index (χ3v) is 2.67. The van der Waals surface area contributed by atoms with E-state index in [0.29, 0.717) is 0 Å². The first-order valence-corrected chi connectivity index (χ1v) is 3.84. The van der Waals surface area contributed by atoms with Gasteiger partial charge in [-0.3, -0.25) is 0 Å². The van der Waals surface area contributed by atoms with E-state index in [9.17, 15) is 0 Å². The van der Waals surface area contributed by atoms with Crippen LogP contribution in [0.15, 0.2) is 0 Å². The summed E-state index contributed by atoms with van der Waals surface area (Å²) in [6.07, 6.45) is -0.547. The van der Waals surface area contributed by atoms with E-state index in [0.717, 1.165) is 0 Å². The molecule has 0 heterocycles. The molecule has 1 rings (SSSR count). The zero-order chi connectivity index (χ0) is 10.8. The second kappa shape index (κ2) is 3.00. The van der Waals surface area contributed by atoms with Crippen LogP contribution in [0.4, 0.5) is 0 Å². The second-order valence-electron chi connectivity index (χ2n) is 3.09. The minimum absolute atomic E-state index is 0.109. The molecule has 0 aromatic rings. The van der Waals surface area contributed by atoms with Crippen molar-refractivity contribution in [3.8, 4) is 24.3 Å². The molecule has 0 saturated heterocycles. The normalized spacial score (nSPS) is 25.6. The van der Waals surface area contributed by atoms with Crippen molar-refractivity contribution in [1.82, 2.24) is 0 Å². The van der Waals surface area contributed by atoms with Gasteiger partial charge in [0.2, 0.25) is 5.41 Å². The van der Waals surface area contributed by atoms with Crippen molar-refractivity contribution in [2.75, 3.05) is 7.11 Å². The summed E-state index contributed by atoms with van der Waals surface area (Å²) in [5.74, 6) is 0. The molecule has 0 aromatic heterocycles. The number of nitrogens with zero attached hydrogens (tertiary/aromatic N) is 4. The Morgan fingerprint density at radius 3 is 1.86 bits per heavy atom. The Kier molecular flexibility index (Phi) is 2.15. The molecule has 0 aliphatic heterocycles. The molecule has 1 aliphatic rings. The van der Waals surface area contributed by atoms with E-state index in [-0.39, 0.29) is 6.42 Å². The molecular weight excluding hydrogens is 180 g/mol. The van der Waals surface area contributed by atoms with Crippen molar-refractivity contribution >= 4 is 0 Å². The minimum atomic E-state index is -1.65. The summed E-state index contributed by atoms with van der Waals surface area (Å²) >= 11 is 0. The van der Waals surface area contributed by atoms with Crippen LogP contribution in [0.25, 0.3) is 0 Å². The monoisotopic (exact) mass is 186 g/mol. The first-order valence-electron chi connectivity index (χ1n) is 3.84. The molecule has 0 bridgehead atoms. The molecule has 0 radical (unpaired) electrons. The lowest BCUT2D eigenvalue weighted by Crippen LogP contribution is -2.59. The zero-order valence-electron chi connectivity index (χ0n) is 7.48. The van der Waals surface area contributed by atoms with Crippen molar-refractivity contribution in [3.05, 3.63) is 0 Å². The van der Waals surface area contributed by atoms with Crippen molar-refractivity contribution in [3.63, 3.8) is 0 Å². The SMILES string of the molecule is COC1CC(C#N)(C#N)C1(C#N)C#N. The van der Waals surface area contributed by atoms with Gasteiger partial charge < -0.3 is 4.74 Å². The van der Waals surface area contributed by atoms with Gasteiger partial charge in [0.25, 0.3) is 0 Å². The first-order chi connectivity index (χ1) is 6.66. The first kappa shape index (κ1) is 10.0. The van der Waals surface area contributed by atoms with E-state index < -0.39 is 16.9 Å². The fourth-order valence-electron chi connectivity index (χ4n) is 1.65. The summed E-state index contributed by atoms with van der Waals surface area (Å²) in [4.78, 5) is 0. The highest BCUT2D eigenvalue weighted by molar-refractivity contribution is 5.43. The van der Waals surface area contributed by atoms with Crippen LogP contribution in [0.1, 0.15) is 6.42 Å². The molecule has 68 valence electrons. The van der Waals surface area contributed by atoms with Gasteiger partial charge in [-0.25, -0.2) is 0 Å². The molecule has 0 aromatic carbocycles. The molecule has 0 N–H and O–H groups in total. The molecule has 1 aliphatic carbocycles. The van der Waals surface area contributed by atoms with Crippen LogP contribution in [0.5, 0.6) is 0 Å². The van der Waals surface area contributed by atoms with Crippen LogP contribution in [-0.2, 0) is 4.74 Å². The smallest absolute Gasteiger partial charge is 0.201 e. The van der Waals surface area contributed by atoms with E-state index in [1.54, 1.807) is 24.3 Å². The standard InChI is InChI=1S/C9H6N4O/c1-14-7-2-8(3-10,4-11)9(7,5-12)6-13/h7H,2H2,1H3. The van der Waals surface area contributed by atoms with Gasteiger partial charge in [0.05, 0.1) is 30.4 Å². The molecule has 0 amide bonds. The highest BCUT2D eigenvalue weighted by Crippen LogP contribution is 2.56. The lowest BCUT2D eigenvalue weighted by molar-refractivity contribution is -0.0864. The average molecular weight is 186 g/mol. The predicted octanol–water partition coefficient (Wildman–Crippen LogP) is 0.472. The second-order valence-corrected chi connectivity index (χ2v) is 3.09. The van der Waals surface area contributed by atoms with Crippen molar-refractivity contribution in [2.45, 2.75) is 12.5 Å². The Morgan fingerprint density at radius 1 is 1.07 bits per heavy atom. The Morgan fingerprint density at radius 2 is 1.57 bits per heavy atom. The number of rotatable bonds is 1. The van der Waals surface area contributed by atoms with Crippen LogP contribution in [0.3, 0.4) is 0 Å². The third-order valence-electron chi connectivity index (χ3n) is 2.67. The molecule has 1 saturated carbocycles. The van der Waals surface area contributed by atoms with Gasteiger partial charge in [0, 0.05) is 13.5 Å². The number of ether oxygens (including phenoxy) is 1. The van der Waals surface area contributed by atoms with Crippen LogP contribution in [0.2, 0.25) is 0 Å². The number of hydrogen-bond acceptors (Lipinski definition) is 5. The third kappa shape index (κ3) is 0.775. The zero-order valence-corrected chi connectivity index (χ0v) is 7.48. The Hall–Kier alpha value is -2.08. The van der Waals surface area contributed by atoms with Gasteiger partial charge in [0.1, 0.15) is 0 Å². The van der Waals surface area contributed by atoms with Crippen molar-refractivity contribution in [2.24, 2.45) is 10.8 Å². The summed E-state index contributed by atoms with van der Waals surface area (Å²) in [6, 6.07) is 6.93. The molecule has 5 heteroatoms. The quantitative estimate of drug-likeness (QED) is 0.591. The van der Waals surface area contributed by atoms with Crippen LogP contribution < -0.4 is 0 Å². The lowest BCUT2D eigenvalue weighted by atomic mass is 9.50. The molecule has 0 spiro atoms. The minimum Gasteiger partial charge on any atom is -0.378 e. The Labute approximate surface area is 81.3 Å². The molecule has 1 fully saturated rings. The van der Waals surface area contributed by atoms with Crippen LogP contribution in [0, 0.1) is 56.2 Å². The van der Waals surface area contributed by atoms with Crippen molar-refractivity contribution in [1.29, 1.82) is 21.0 Å². The number of hydrogen-bond donors (Lipinski definition) is 0. The van der Waals surface area contributed by atoms with Crippen LogP contribution in [-0.4, -0.2) is 13.2 Å². The number of methoxy groups -OCH3 is 1. The summed E-state index contributed by atoms with van der Waals surface area (Å²) in [6.45, 7) is 0. The summed E-state index contributed by atoms with van der Waals surface area (Å²) in [5, 5.41) is 35.4. The van der Waals surface area contributed by atoms with Gasteiger partial charge >= 0.3 is 0 Å². The van der Waals surface area contributed by atoms with Gasteiger partial charge in [-0.05, 0) is 0 Å². The topological polar surface area (TPSA) is 104 Å². The summed E-state index contributed by atoms with van der Waals surface area (Å²) in [7, 11) is 1.35. The Balaban J connectivity index is 3.25. The largest absolute Gasteiger partial charge is 0.378 e. The van der Waals surface area contributed by atoms with E-state index in [2.05, 4.69) is 0 Å². The van der Waals surface area contributed by atoms with E-state index in [4.69, 9.17) is 25.8 Å². The van der Waals surface area contributed by atoms with E-state index >= 15 is 0 Å². The van der Waals surface area contributed by atoms with Gasteiger partial charge in [0.15, 0.2) is 5.41 Å². The van der Waals surface area contributed by atoms with Crippen LogP contribution >= 0.6 is 0 Å². The highest BCUT2D eigenvalue weighted by Gasteiger charge is 2.70. The predicted molar refractivity (Wildman–Crippen MR) is 42.7 cm³/mol. The highest BCUT2D eigenvalue weighted by atomic mass is 16.5. The van der Waals surface area contributed by atoms with E-state index in [1.807, 2.05) is 0 Å². The summed E-state index contributed by atoms with van der Waals surface area (Å²) < 4.78 is 4.90. The fourth-order valence-corrected chi connectivity index (χ4v) is 1.65. The van der Waals surface area contributed by atoms with Gasteiger partial charge in [-0.2, -0.15) is 21.0 Å². The maximum atomic E-state index is 8.88. The van der Waals surface area contributed by atoms with E-state index in [1.165, 1.54) is 7.11 Å². The maximum Gasteiger partial charge on any atom is 0.201 e. The number of nitriles is 4. The molecule has 1 unspecified atom stereocenters. The Bertz CT molecular complexity index is 386. The molecule has 1 atom stereocenters. The summed E-state index contributed by atoms with van der Waals surface area (Å²) in [5.41, 5.74) is -3.19. The maximum absolute atomic E-state index is 8.88.